The summed E-state index contributed by atoms with van der Waals surface area (Å²) in [6.07, 6.45) is 3.25. The van der Waals surface area contributed by atoms with Crippen molar-refractivity contribution < 1.29 is 23.7 Å². The first-order valence-corrected chi connectivity index (χ1v) is 5.77. The molecule has 0 bridgehead atoms. The number of carbonyl (C=O) groups excluding carboxylic acids is 1. The van der Waals surface area contributed by atoms with E-state index in [4.69, 9.17) is 25.4 Å². The first-order valence-electron chi connectivity index (χ1n) is 5.77. The second kappa shape index (κ2) is 6.12. The Labute approximate surface area is 111 Å². The lowest BCUT2D eigenvalue weighted by molar-refractivity contribution is 0.0316. The van der Waals surface area contributed by atoms with Gasteiger partial charge in [-0.2, -0.15) is 0 Å². The molecular weight excluding hydrogens is 248 g/mol. The van der Waals surface area contributed by atoms with Crippen LogP contribution in [0.2, 0.25) is 0 Å². The molecule has 2 atom stereocenters. The maximum Gasteiger partial charge on any atom is 0.510 e. The number of rotatable bonds is 5. The van der Waals surface area contributed by atoms with E-state index in [9.17, 15) is 4.79 Å². The fourth-order valence-corrected chi connectivity index (χ4v) is 1.67. The van der Waals surface area contributed by atoms with Gasteiger partial charge in [-0.05, 0) is 17.7 Å². The Hall–Kier alpha value is -2.19. The van der Waals surface area contributed by atoms with Crippen LogP contribution >= 0.6 is 0 Å². The van der Waals surface area contributed by atoms with E-state index in [-0.39, 0.29) is 6.61 Å². The highest BCUT2D eigenvalue weighted by molar-refractivity contribution is 5.63. The largest absolute Gasteiger partial charge is 0.510 e. The van der Waals surface area contributed by atoms with Crippen molar-refractivity contribution in [3.63, 3.8) is 0 Å². The van der Waals surface area contributed by atoms with Crippen LogP contribution in [-0.4, -0.2) is 32.1 Å². The molecule has 1 aromatic carbocycles. The normalized spacial score (nSPS) is 21.4. The van der Waals surface area contributed by atoms with Crippen LogP contribution in [0, 0.1) is 12.3 Å². The topological polar surface area (TPSA) is 54.0 Å². The maximum absolute atomic E-state index is 10.9. The highest BCUT2D eigenvalue weighted by Gasteiger charge is 2.35. The Morgan fingerprint density at radius 2 is 2.05 bits per heavy atom. The van der Waals surface area contributed by atoms with Gasteiger partial charge in [-0.3, -0.25) is 0 Å². The quantitative estimate of drug-likeness (QED) is 0.597. The van der Waals surface area contributed by atoms with Gasteiger partial charge in [-0.25, -0.2) is 4.79 Å². The first-order chi connectivity index (χ1) is 9.22. The van der Waals surface area contributed by atoms with Crippen LogP contribution in [0.15, 0.2) is 24.3 Å². The Morgan fingerprint density at radius 3 is 2.68 bits per heavy atom. The fourth-order valence-electron chi connectivity index (χ4n) is 1.67. The van der Waals surface area contributed by atoms with E-state index < -0.39 is 18.4 Å². The molecule has 0 amide bonds. The van der Waals surface area contributed by atoms with Crippen molar-refractivity contribution in [2.45, 2.75) is 18.8 Å². The summed E-state index contributed by atoms with van der Waals surface area (Å²) in [4.78, 5) is 10.9. The first kappa shape index (κ1) is 13.2. The third-order valence-electron chi connectivity index (χ3n) is 2.68. The van der Waals surface area contributed by atoms with E-state index in [1.165, 1.54) is 0 Å². The fraction of sp³-hybridized carbons (Fsp3) is 0.357. The van der Waals surface area contributed by atoms with Crippen LogP contribution in [0.3, 0.4) is 0 Å². The van der Waals surface area contributed by atoms with Crippen molar-refractivity contribution >= 4 is 6.16 Å². The molecule has 0 unspecified atom stereocenters. The van der Waals surface area contributed by atoms with Gasteiger partial charge in [-0.1, -0.05) is 18.1 Å². The Morgan fingerprint density at radius 1 is 1.32 bits per heavy atom. The van der Waals surface area contributed by atoms with Gasteiger partial charge in [0, 0.05) is 0 Å². The third-order valence-corrected chi connectivity index (χ3v) is 2.68. The van der Waals surface area contributed by atoms with E-state index in [1.54, 1.807) is 7.11 Å². The molecule has 0 saturated carbocycles. The van der Waals surface area contributed by atoms with Crippen molar-refractivity contribution in [1.29, 1.82) is 0 Å². The molecule has 19 heavy (non-hydrogen) atoms. The summed E-state index contributed by atoms with van der Waals surface area (Å²) in [7, 11) is 1.61. The number of methoxy groups -OCH3 is 1. The summed E-state index contributed by atoms with van der Waals surface area (Å²) in [5.41, 5.74) is 0.989. The zero-order valence-electron chi connectivity index (χ0n) is 10.5. The van der Waals surface area contributed by atoms with Crippen LogP contribution in [-0.2, 0) is 20.8 Å². The van der Waals surface area contributed by atoms with Gasteiger partial charge >= 0.3 is 6.16 Å². The van der Waals surface area contributed by atoms with Crippen molar-refractivity contribution in [3.8, 4) is 18.1 Å². The number of terminal acetylenes is 1. The lowest BCUT2D eigenvalue weighted by Crippen LogP contribution is -2.26. The van der Waals surface area contributed by atoms with Gasteiger partial charge in [0.1, 0.15) is 5.75 Å². The number of hydrogen-bond acceptors (Lipinski definition) is 5. The van der Waals surface area contributed by atoms with Gasteiger partial charge in [0.15, 0.2) is 6.10 Å². The molecule has 0 aliphatic carbocycles. The Kier molecular flexibility index (Phi) is 4.26. The molecule has 0 radical (unpaired) electrons. The number of ether oxygens (including phenoxy) is 4. The summed E-state index contributed by atoms with van der Waals surface area (Å²) >= 11 is 0. The molecule has 1 heterocycles. The average Bonchev–Trinajstić information content (AvgIpc) is 2.80. The summed E-state index contributed by atoms with van der Waals surface area (Å²) in [5, 5.41) is 0. The molecule has 100 valence electrons. The lowest BCUT2D eigenvalue weighted by atomic mass is 10.2. The number of carbonyl (C=O) groups is 1. The minimum absolute atomic E-state index is 0.201. The van der Waals surface area contributed by atoms with Crippen molar-refractivity contribution in [2.75, 3.05) is 13.7 Å². The molecule has 1 aliphatic heterocycles. The molecule has 5 nitrogen and oxygen atoms in total. The average molecular weight is 262 g/mol. The number of hydrogen-bond donors (Lipinski definition) is 0. The van der Waals surface area contributed by atoms with Gasteiger partial charge in [0.2, 0.25) is 6.10 Å². The van der Waals surface area contributed by atoms with Crippen LogP contribution in [0.5, 0.6) is 5.75 Å². The molecule has 0 N–H and O–H groups in total. The molecule has 0 aromatic heterocycles. The van der Waals surface area contributed by atoms with E-state index in [0.717, 1.165) is 11.3 Å². The second-order valence-electron chi connectivity index (χ2n) is 3.97. The van der Waals surface area contributed by atoms with Gasteiger partial charge < -0.3 is 18.9 Å². The molecule has 1 fully saturated rings. The molecule has 1 aromatic rings. The van der Waals surface area contributed by atoms with Crippen LogP contribution < -0.4 is 4.74 Å². The van der Waals surface area contributed by atoms with Gasteiger partial charge in [-0.15, -0.1) is 6.42 Å². The molecule has 1 saturated heterocycles. The predicted molar refractivity (Wildman–Crippen MR) is 66.6 cm³/mol. The molecule has 5 heteroatoms. The monoisotopic (exact) mass is 262 g/mol. The van der Waals surface area contributed by atoms with Crippen LogP contribution in [0.25, 0.3) is 0 Å². The van der Waals surface area contributed by atoms with Crippen molar-refractivity contribution in [3.05, 3.63) is 29.8 Å². The summed E-state index contributed by atoms with van der Waals surface area (Å²) in [6.45, 7) is 0.599. The molecular formula is C14H14O5. The molecule has 0 spiro atoms. The van der Waals surface area contributed by atoms with Crippen LogP contribution in [0.4, 0.5) is 4.79 Å². The summed E-state index contributed by atoms with van der Waals surface area (Å²) in [5.74, 6) is 3.13. The van der Waals surface area contributed by atoms with Crippen LogP contribution in [0.1, 0.15) is 5.56 Å². The van der Waals surface area contributed by atoms with E-state index in [1.807, 2.05) is 24.3 Å². The summed E-state index contributed by atoms with van der Waals surface area (Å²) in [6, 6.07) is 7.49. The Balaban J connectivity index is 1.80. The predicted octanol–water partition coefficient (Wildman–Crippen LogP) is 1.75. The second-order valence-corrected chi connectivity index (χ2v) is 3.97. The van der Waals surface area contributed by atoms with E-state index in [2.05, 4.69) is 5.92 Å². The van der Waals surface area contributed by atoms with Gasteiger partial charge in [0.05, 0.1) is 20.3 Å². The molecule has 2 rings (SSSR count). The van der Waals surface area contributed by atoms with E-state index >= 15 is 0 Å². The third kappa shape index (κ3) is 3.39. The SMILES string of the molecule is C#C[C@@H]1OC(=O)O[C@H]1COCc1ccc(OC)cc1. The standard InChI is InChI=1S/C14H14O5/c1-3-12-13(19-14(15)18-12)9-17-8-10-4-6-11(16-2)7-5-10/h1,4-7,12-13H,8-9H2,2H3/t12-,13-/m0/s1. The van der Waals surface area contributed by atoms with E-state index in [0.29, 0.717) is 6.61 Å². The smallest absolute Gasteiger partial charge is 0.497 e. The number of cyclic esters (lactones) is 2. The highest BCUT2D eigenvalue weighted by Crippen LogP contribution is 2.16. The highest BCUT2D eigenvalue weighted by atomic mass is 16.8. The van der Waals surface area contributed by atoms with Crippen molar-refractivity contribution in [2.24, 2.45) is 0 Å². The minimum Gasteiger partial charge on any atom is -0.497 e. The molecule has 1 aliphatic rings. The Bertz CT molecular complexity index is 474. The van der Waals surface area contributed by atoms with Crippen molar-refractivity contribution in [1.82, 2.24) is 0 Å². The number of benzene rings is 1. The zero-order valence-corrected chi connectivity index (χ0v) is 10.5. The minimum atomic E-state index is -0.749. The zero-order chi connectivity index (χ0) is 13.7. The lowest BCUT2D eigenvalue weighted by Gasteiger charge is -2.11. The summed E-state index contributed by atoms with van der Waals surface area (Å²) < 4.78 is 20.2. The van der Waals surface area contributed by atoms with Gasteiger partial charge in [0.25, 0.3) is 0 Å². The maximum atomic E-state index is 10.9.